The lowest BCUT2D eigenvalue weighted by Crippen LogP contribution is -2.37. The van der Waals surface area contributed by atoms with Crippen molar-refractivity contribution in [1.82, 2.24) is 15.2 Å². The molecule has 0 saturated carbocycles. The molecule has 1 aromatic rings. The maximum Gasteiger partial charge on any atom is 0.236 e. The summed E-state index contributed by atoms with van der Waals surface area (Å²) in [5.74, 6) is 0.199. The standard InChI is InChI=1S/C13H19N3O/c1-11(12-6-2-3-7-14-12)15-10-13(17)16-8-4-5-9-16/h2-3,6-7,11,15H,4-5,8-10H2,1H3/t11-/m0/s1. The van der Waals surface area contributed by atoms with E-state index >= 15 is 0 Å². The number of carbonyl (C=O) groups excluding carboxylic acids is 1. The van der Waals surface area contributed by atoms with Crippen LogP contribution in [-0.4, -0.2) is 35.4 Å². The van der Waals surface area contributed by atoms with E-state index < -0.39 is 0 Å². The van der Waals surface area contributed by atoms with Crippen LogP contribution in [0.2, 0.25) is 0 Å². The van der Waals surface area contributed by atoms with E-state index in [1.807, 2.05) is 30.0 Å². The number of aromatic nitrogens is 1. The molecule has 1 atom stereocenters. The minimum atomic E-state index is 0.114. The number of rotatable bonds is 4. The molecule has 0 spiro atoms. The smallest absolute Gasteiger partial charge is 0.236 e. The van der Waals surface area contributed by atoms with E-state index in [1.165, 1.54) is 0 Å². The molecule has 0 unspecified atom stereocenters. The zero-order valence-corrected chi connectivity index (χ0v) is 10.2. The highest BCUT2D eigenvalue weighted by Crippen LogP contribution is 2.09. The van der Waals surface area contributed by atoms with Crippen molar-refractivity contribution in [3.8, 4) is 0 Å². The molecule has 0 aliphatic carbocycles. The van der Waals surface area contributed by atoms with E-state index in [0.29, 0.717) is 6.54 Å². The molecule has 17 heavy (non-hydrogen) atoms. The maximum absolute atomic E-state index is 11.8. The quantitative estimate of drug-likeness (QED) is 0.854. The van der Waals surface area contributed by atoms with Crippen LogP contribution in [0, 0.1) is 0 Å². The van der Waals surface area contributed by atoms with Gasteiger partial charge in [-0.15, -0.1) is 0 Å². The predicted molar refractivity (Wildman–Crippen MR) is 66.5 cm³/mol. The average Bonchev–Trinajstić information content (AvgIpc) is 2.90. The summed E-state index contributed by atoms with van der Waals surface area (Å²) < 4.78 is 0. The number of nitrogens with zero attached hydrogens (tertiary/aromatic N) is 2. The third-order valence-corrected chi connectivity index (χ3v) is 3.15. The summed E-state index contributed by atoms with van der Waals surface area (Å²) in [5, 5.41) is 3.22. The molecule has 1 fully saturated rings. The third kappa shape index (κ3) is 3.27. The van der Waals surface area contributed by atoms with Crippen LogP contribution >= 0.6 is 0 Å². The summed E-state index contributed by atoms with van der Waals surface area (Å²) in [6, 6.07) is 5.94. The number of carbonyl (C=O) groups is 1. The van der Waals surface area contributed by atoms with Gasteiger partial charge in [-0.05, 0) is 31.9 Å². The van der Waals surface area contributed by atoms with Gasteiger partial charge >= 0.3 is 0 Å². The fraction of sp³-hybridized carbons (Fsp3) is 0.538. The van der Waals surface area contributed by atoms with E-state index in [9.17, 15) is 4.79 Å². The molecule has 4 heteroatoms. The molecule has 1 aliphatic rings. The lowest BCUT2D eigenvalue weighted by Gasteiger charge is -2.18. The molecule has 92 valence electrons. The lowest BCUT2D eigenvalue weighted by molar-refractivity contribution is -0.129. The van der Waals surface area contributed by atoms with Crippen LogP contribution < -0.4 is 5.32 Å². The molecule has 4 nitrogen and oxygen atoms in total. The van der Waals surface area contributed by atoms with Crippen LogP contribution in [0.1, 0.15) is 31.5 Å². The largest absolute Gasteiger partial charge is 0.342 e. The molecule has 1 saturated heterocycles. The topological polar surface area (TPSA) is 45.2 Å². The molecular formula is C13H19N3O. The van der Waals surface area contributed by atoms with Crippen molar-refractivity contribution in [1.29, 1.82) is 0 Å². The van der Waals surface area contributed by atoms with Gasteiger partial charge in [0.25, 0.3) is 0 Å². The lowest BCUT2D eigenvalue weighted by atomic mass is 10.2. The van der Waals surface area contributed by atoms with Crippen molar-refractivity contribution in [3.05, 3.63) is 30.1 Å². The molecule has 1 amide bonds. The zero-order valence-electron chi connectivity index (χ0n) is 10.2. The fourth-order valence-electron chi connectivity index (χ4n) is 2.06. The van der Waals surface area contributed by atoms with E-state index in [1.54, 1.807) is 6.20 Å². The predicted octanol–water partition coefficient (Wildman–Crippen LogP) is 1.35. The van der Waals surface area contributed by atoms with E-state index in [0.717, 1.165) is 31.6 Å². The summed E-state index contributed by atoms with van der Waals surface area (Å²) >= 11 is 0. The van der Waals surface area contributed by atoms with Crippen LogP contribution in [0.5, 0.6) is 0 Å². The summed E-state index contributed by atoms with van der Waals surface area (Å²) in [6.45, 7) is 4.26. The van der Waals surface area contributed by atoms with Gasteiger partial charge in [-0.2, -0.15) is 0 Å². The van der Waals surface area contributed by atoms with Gasteiger partial charge in [-0.25, -0.2) is 0 Å². The highest BCUT2D eigenvalue weighted by molar-refractivity contribution is 5.78. The first-order valence-corrected chi connectivity index (χ1v) is 6.19. The normalized spacial score (nSPS) is 17.1. The molecular weight excluding hydrogens is 214 g/mol. The van der Waals surface area contributed by atoms with Crippen LogP contribution in [0.3, 0.4) is 0 Å². The highest BCUT2D eigenvalue weighted by Gasteiger charge is 2.18. The van der Waals surface area contributed by atoms with Gasteiger partial charge in [-0.1, -0.05) is 6.07 Å². The summed E-state index contributed by atoms with van der Waals surface area (Å²) in [7, 11) is 0. The van der Waals surface area contributed by atoms with E-state index in [2.05, 4.69) is 10.3 Å². The monoisotopic (exact) mass is 233 g/mol. The molecule has 1 N–H and O–H groups in total. The summed E-state index contributed by atoms with van der Waals surface area (Å²) in [6.07, 6.45) is 4.05. The Bertz CT molecular complexity index is 360. The van der Waals surface area contributed by atoms with Gasteiger partial charge in [-0.3, -0.25) is 9.78 Å². The molecule has 0 radical (unpaired) electrons. The first-order chi connectivity index (χ1) is 8.27. The van der Waals surface area contributed by atoms with Crippen molar-refractivity contribution in [2.75, 3.05) is 19.6 Å². The Kier molecular flexibility index (Phi) is 4.09. The Morgan fingerprint density at radius 1 is 1.47 bits per heavy atom. The van der Waals surface area contributed by atoms with Crippen LogP contribution in [-0.2, 0) is 4.79 Å². The number of nitrogens with one attached hydrogen (secondary N) is 1. The minimum absolute atomic E-state index is 0.114. The Hall–Kier alpha value is -1.42. The van der Waals surface area contributed by atoms with Gasteiger partial charge in [0, 0.05) is 25.3 Å². The van der Waals surface area contributed by atoms with Crippen LogP contribution in [0.15, 0.2) is 24.4 Å². The Morgan fingerprint density at radius 3 is 2.88 bits per heavy atom. The second kappa shape index (κ2) is 5.77. The summed E-state index contributed by atoms with van der Waals surface area (Å²) in [5.41, 5.74) is 0.974. The Morgan fingerprint density at radius 2 is 2.24 bits per heavy atom. The number of pyridine rings is 1. The maximum atomic E-state index is 11.8. The van der Waals surface area contributed by atoms with E-state index in [-0.39, 0.29) is 11.9 Å². The van der Waals surface area contributed by atoms with Gasteiger partial charge < -0.3 is 10.2 Å². The molecule has 2 rings (SSSR count). The minimum Gasteiger partial charge on any atom is -0.342 e. The second-order valence-electron chi connectivity index (χ2n) is 4.45. The van der Waals surface area contributed by atoms with Gasteiger partial charge in [0.05, 0.1) is 12.2 Å². The van der Waals surface area contributed by atoms with Gasteiger partial charge in [0.15, 0.2) is 0 Å². The number of amides is 1. The van der Waals surface area contributed by atoms with Crippen molar-refractivity contribution >= 4 is 5.91 Å². The summed E-state index contributed by atoms with van der Waals surface area (Å²) in [4.78, 5) is 18.0. The third-order valence-electron chi connectivity index (χ3n) is 3.15. The Labute approximate surface area is 102 Å². The molecule has 0 bridgehead atoms. The second-order valence-corrected chi connectivity index (χ2v) is 4.45. The SMILES string of the molecule is C[C@H](NCC(=O)N1CCCC1)c1ccccn1. The van der Waals surface area contributed by atoms with Crippen LogP contribution in [0.25, 0.3) is 0 Å². The number of likely N-dealkylation sites (tertiary alicyclic amines) is 1. The van der Waals surface area contributed by atoms with Crippen molar-refractivity contribution in [2.24, 2.45) is 0 Å². The molecule has 0 aromatic carbocycles. The molecule has 2 heterocycles. The first-order valence-electron chi connectivity index (χ1n) is 6.19. The average molecular weight is 233 g/mol. The zero-order chi connectivity index (χ0) is 12.1. The van der Waals surface area contributed by atoms with Gasteiger partial charge in [0.2, 0.25) is 5.91 Å². The van der Waals surface area contributed by atoms with Crippen molar-refractivity contribution in [2.45, 2.75) is 25.8 Å². The van der Waals surface area contributed by atoms with E-state index in [4.69, 9.17) is 0 Å². The first kappa shape index (κ1) is 12.0. The van der Waals surface area contributed by atoms with Crippen molar-refractivity contribution < 1.29 is 4.79 Å². The number of hydrogen-bond acceptors (Lipinski definition) is 3. The molecule has 1 aromatic heterocycles. The fourth-order valence-corrected chi connectivity index (χ4v) is 2.06. The molecule has 1 aliphatic heterocycles. The van der Waals surface area contributed by atoms with Gasteiger partial charge in [0.1, 0.15) is 0 Å². The van der Waals surface area contributed by atoms with Crippen molar-refractivity contribution in [3.63, 3.8) is 0 Å². The highest BCUT2D eigenvalue weighted by atomic mass is 16.2. The Balaban J connectivity index is 1.80. The number of hydrogen-bond donors (Lipinski definition) is 1. The van der Waals surface area contributed by atoms with Crippen LogP contribution in [0.4, 0.5) is 0 Å².